The average Bonchev–Trinajstić information content (AvgIpc) is 2.58. The molecule has 0 atom stereocenters. The van der Waals surface area contributed by atoms with Gasteiger partial charge < -0.3 is 9.80 Å². The molecular formula is C17H15ClFN3O3. The lowest BCUT2D eigenvalue weighted by atomic mass is 10.1. The normalized spacial score (nSPS) is 14.7. The lowest BCUT2D eigenvalue weighted by Crippen LogP contribution is -2.50. The van der Waals surface area contributed by atoms with E-state index in [2.05, 4.69) is 0 Å². The summed E-state index contributed by atoms with van der Waals surface area (Å²) in [5, 5.41) is 11.8. The molecule has 0 unspecified atom stereocenters. The molecule has 0 aromatic heterocycles. The highest BCUT2D eigenvalue weighted by Gasteiger charge is 2.28. The predicted molar refractivity (Wildman–Crippen MR) is 92.1 cm³/mol. The summed E-state index contributed by atoms with van der Waals surface area (Å²) in [7, 11) is 0. The van der Waals surface area contributed by atoms with Crippen LogP contribution in [-0.4, -0.2) is 35.4 Å². The summed E-state index contributed by atoms with van der Waals surface area (Å²) in [6, 6.07) is 10.6. The minimum Gasteiger partial charge on any atom is -0.355 e. The minimum absolute atomic E-state index is 0.0140. The number of carbonyl (C=O) groups is 1. The minimum atomic E-state index is -0.678. The van der Waals surface area contributed by atoms with Crippen LogP contribution >= 0.6 is 11.6 Å². The number of nitrogens with zero attached hydrogens (tertiary/aromatic N) is 3. The van der Waals surface area contributed by atoms with Crippen molar-refractivity contribution in [2.45, 2.75) is 6.54 Å². The van der Waals surface area contributed by atoms with Crippen molar-refractivity contribution in [3.8, 4) is 0 Å². The molecule has 0 bridgehead atoms. The Balaban J connectivity index is 1.73. The lowest BCUT2D eigenvalue weighted by molar-refractivity contribution is -0.384. The summed E-state index contributed by atoms with van der Waals surface area (Å²) in [5.41, 5.74) is 0.879. The maximum Gasteiger partial charge on any atom is 0.295 e. The first-order valence-corrected chi connectivity index (χ1v) is 8.03. The Morgan fingerprint density at radius 2 is 1.88 bits per heavy atom. The van der Waals surface area contributed by atoms with E-state index in [9.17, 15) is 19.3 Å². The van der Waals surface area contributed by atoms with Gasteiger partial charge in [0.1, 0.15) is 11.5 Å². The first-order valence-electron chi connectivity index (χ1n) is 7.65. The molecule has 1 aliphatic rings. The Morgan fingerprint density at radius 1 is 1.16 bits per heavy atom. The van der Waals surface area contributed by atoms with Gasteiger partial charge in [-0.25, -0.2) is 4.39 Å². The van der Waals surface area contributed by atoms with Crippen LogP contribution in [0.5, 0.6) is 0 Å². The van der Waals surface area contributed by atoms with Gasteiger partial charge in [0.15, 0.2) is 0 Å². The zero-order chi connectivity index (χ0) is 18.0. The van der Waals surface area contributed by atoms with Gasteiger partial charge in [-0.05, 0) is 29.8 Å². The van der Waals surface area contributed by atoms with Crippen LogP contribution in [0.25, 0.3) is 0 Å². The zero-order valence-corrected chi connectivity index (χ0v) is 13.9. The fourth-order valence-electron chi connectivity index (χ4n) is 2.80. The Hall–Kier alpha value is -2.67. The second kappa shape index (κ2) is 7.06. The standard InChI is InChI=1S/C17H15ClFN3O3/c18-13-3-1-12(2-4-13)10-21-8-7-20(11-17(21)23)15-6-5-14(19)9-16(15)22(24)25/h1-6,9H,7-8,10-11H2. The first-order chi connectivity index (χ1) is 11.9. The van der Waals surface area contributed by atoms with Crippen molar-refractivity contribution in [2.75, 3.05) is 24.5 Å². The van der Waals surface area contributed by atoms with Crippen molar-refractivity contribution < 1.29 is 14.1 Å². The van der Waals surface area contributed by atoms with Gasteiger partial charge >= 0.3 is 0 Å². The van der Waals surface area contributed by atoms with E-state index in [-0.39, 0.29) is 23.8 Å². The number of piperazine rings is 1. The monoisotopic (exact) mass is 363 g/mol. The van der Waals surface area contributed by atoms with Crippen molar-refractivity contribution in [1.29, 1.82) is 0 Å². The fraction of sp³-hybridized carbons (Fsp3) is 0.235. The molecule has 25 heavy (non-hydrogen) atoms. The van der Waals surface area contributed by atoms with Crippen LogP contribution in [-0.2, 0) is 11.3 Å². The van der Waals surface area contributed by atoms with Gasteiger partial charge in [-0.2, -0.15) is 0 Å². The van der Waals surface area contributed by atoms with Gasteiger partial charge in [0.2, 0.25) is 5.91 Å². The Labute approximate surface area is 148 Å². The van der Waals surface area contributed by atoms with Crippen molar-refractivity contribution in [1.82, 2.24) is 4.90 Å². The van der Waals surface area contributed by atoms with E-state index in [0.29, 0.717) is 24.7 Å². The number of hydrogen-bond donors (Lipinski definition) is 0. The third-order valence-corrected chi connectivity index (χ3v) is 4.33. The van der Waals surface area contributed by atoms with Gasteiger partial charge in [-0.15, -0.1) is 0 Å². The highest BCUT2D eigenvalue weighted by Crippen LogP contribution is 2.30. The third kappa shape index (κ3) is 3.88. The van der Waals surface area contributed by atoms with Gasteiger partial charge in [0, 0.05) is 24.7 Å². The Morgan fingerprint density at radius 3 is 2.52 bits per heavy atom. The predicted octanol–water partition coefficient (Wildman–Crippen LogP) is 3.24. The molecular weight excluding hydrogens is 349 g/mol. The van der Waals surface area contributed by atoms with E-state index >= 15 is 0 Å². The van der Waals surface area contributed by atoms with Crippen molar-refractivity contribution in [2.24, 2.45) is 0 Å². The zero-order valence-electron chi connectivity index (χ0n) is 13.2. The largest absolute Gasteiger partial charge is 0.355 e. The van der Waals surface area contributed by atoms with E-state index in [4.69, 9.17) is 11.6 Å². The van der Waals surface area contributed by atoms with Crippen LogP contribution in [0.1, 0.15) is 5.56 Å². The maximum atomic E-state index is 13.3. The van der Waals surface area contributed by atoms with E-state index in [0.717, 1.165) is 17.7 Å². The Kier molecular flexibility index (Phi) is 4.85. The number of hydrogen-bond acceptors (Lipinski definition) is 4. The molecule has 8 heteroatoms. The second-order valence-electron chi connectivity index (χ2n) is 5.75. The number of rotatable bonds is 4. The number of amides is 1. The molecule has 6 nitrogen and oxygen atoms in total. The maximum absolute atomic E-state index is 13.3. The quantitative estimate of drug-likeness (QED) is 0.618. The van der Waals surface area contributed by atoms with Gasteiger partial charge in [0.25, 0.3) is 5.69 Å². The van der Waals surface area contributed by atoms with Crippen LogP contribution in [0.3, 0.4) is 0 Å². The van der Waals surface area contributed by atoms with Crippen molar-refractivity contribution in [3.05, 3.63) is 69.0 Å². The molecule has 1 saturated heterocycles. The molecule has 1 fully saturated rings. The molecule has 0 saturated carbocycles. The Bertz CT molecular complexity index is 813. The number of halogens is 2. The number of benzene rings is 2. The van der Waals surface area contributed by atoms with E-state index in [1.165, 1.54) is 6.07 Å². The van der Waals surface area contributed by atoms with E-state index < -0.39 is 10.7 Å². The summed E-state index contributed by atoms with van der Waals surface area (Å²) in [5.74, 6) is -0.817. The number of nitro benzene ring substituents is 1. The molecule has 3 rings (SSSR count). The second-order valence-corrected chi connectivity index (χ2v) is 6.19. The molecule has 0 radical (unpaired) electrons. The van der Waals surface area contributed by atoms with E-state index in [1.807, 2.05) is 12.1 Å². The summed E-state index contributed by atoms with van der Waals surface area (Å²) < 4.78 is 13.3. The smallest absolute Gasteiger partial charge is 0.295 e. The van der Waals surface area contributed by atoms with Crippen LogP contribution < -0.4 is 4.90 Å². The molecule has 1 heterocycles. The highest BCUT2D eigenvalue weighted by molar-refractivity contribution is 6.30. The number of carbonyl (C=O) groups excluding carboxylic acids is 1. The third-order valence-electron chi connectivity index (χ3n) is 4.08. The van der Waals surface area contributed by atoms with E-state index in [1.54, 1.807) is 21.9 Å². The van der Waals surface area contributed by atoms with Gasteiger partial charge in [-0.3, -0.25) is 14.9 Å². The van der Waals surface area contributed by atoms with Gasteiger partial charge in [-0.1, -0.05) is 23.7 Å². The molecule has 0 aliphatic carbocycles. The molecule has 1 aliphatic heterocycles. The van der Waals surface area contributed by atoms with Crippen molar-refractivity contribution >= 4 is 28.9 Å². The number of anilines is 1. The molecule has 1 amide bonds. The molecule has 0 N–H and O–H groups in total. The van der Waals surface area contributed by atoms with Crippen molar-refractivity contribution in [3.63, 3.8) is 0 Å². The fourth-order valence-corrected chi connectivity index (χ4v) is 2.93. The van der Waals surface area contributed by atoms with Crippen LogP contribution in [0.15, 0.2) is 42.5 Å². The van der Waals surface area contributed by atoms with Crippen LogP contribution in [0, 0.1) is 15.9 Å². The molecule has 130 valence electrons. The molecule has 2 aromatic carbocycles. The summed E-state index contributed by atoms with van der Waals surface area (Å²) in [6.45, 7) is 1.33. The summed E-state index contributed by atoms with van der Waals surface area (Å²) in [4.78, 5) is 26.2. The van der Waals surface area contributed by atoms with Gasteiger partial charge in [0.05, 0.1) is 17.5 Å². The summed E-state index contributed by atoms with van der Waals surface area (Å²) in [6.07, 6.45) is 0. The topological polar surface area (TPSA) is 66.7 Å². The average molecular weight is 364 g/mol. The van der Waals surface area contributed by atoms with Crippen LogP contribution in [0.4, 0.5) is 15.8 Å². The first kappa shape index (κ1) is 17.2. The summed E-state index contributed by atoms with van der Waals surface area (Å²) >= 11 is 5.85. The molecule has 0 spiro atoms. The molecule has 2 aromatic rings. The highest BCUT2D eigenvalue weighted by atomic mass is 35.5. The van der Waals surface area contributed by atoms with Crippen LogP contribution in [0.2, 0.25) is 5.02 Å². The number of nitro groups is 1. The lowest BCUT2D eigenvalue weighted by Gasteiger charge is -2.35. The SMILES string of the molecule is O=C1CN(c2ccc(F)cc2[N+](=O)[O-])CCN1Cc1ccc(Cl)cc1.